The van der Waals surface area contributed by atoms with E-state index in [-0.39, 0.29) is 6.10 Å². The molecule has 22 heavy (non-hydrogen) atoms. The maximum Gasteiger partial charge on any atom is 0.0983 e. The van der Waals surface area contributed by atoms with E-state index in [0.717, 1.165) is 43.6 Å². The van der Waals surface area contributed by atoms with E-state index in [9.17, 15) is 5.11 Å². The minimum absolute atomic E-state index is 0.130. The Morgan fingerprint density at radius 1 is 1.41 bits per heavy atom. The lowest BCUT2D eigenvalue weighted by Gasteiger charge is -2.23. The predicted molar refractivity (Wildman–Crippen MR) is 86.1 cm³/mol. The van der Waals surface area contributed by atoms with Crippen molar-refractivity contribution in [1.82, 2.24) is 19.7 Å². The van der Waals surface area contributed by atoms with E-state index in [1.54, 1.807) is 6.20 Å². The molecular formula is C17H24N4O. The summed E-state index contributed by atoms with van der Waals surface area (Å²) in [6.45, 7) is 1.77. The third kappa shape index (κ3) is 3.36. The summed E-state index contributed by atoms with van der Waals surface area (Å²) < 4.78 is 1.86. The number of hydrogen-bond donors (Lipinski definition) is 1. The van der Waals surface area contributed by atoms with Crippen LogP contribution in [0.25, 0.3) is 11.3 Å². The molecule has 118 valence electrons. The molecule has 5 nitrogen and oxygen atoms in total. The Bertz CT molecular complexity index is 610. The molecule has 0 bridgehead atoms. The molecule has 0 saturated heterocycles. The Balaban J connectivity index is 1.72. The summed E-state index contributed by atoms with van der Waals surface area (Å²) in [5.41, 5.74) is 3.24. The molecule has 2 unspecified atom stereocenters. The summed E-state index contributed by atoms with van der Waals surface area (Å²) in [4.78, 5) is 6.48. The van der Waals surface area contributed by atoms with Gasteiger partial charge in [0, 0.05) is 49.9 Å². The second kappa shape index (κ2) is 6.58. The maximum atomic E-state index is 9.99. The zero-order valence-corrected chi connectivity index (χ0v) is 13.3. The molecule has 0 radical (unpaired) electrons. The van der Waals surface area contributed by atoms with Crippen molar-refractivity contribution in [3.8, 4) is 11.3 Å². The Hall–Kier alpha value is -1.72. The van der Waals surface area contributed by atoms with Crippen LogP contribution in [0.4, 0.5) is 0 Å². The number of aryl methyl sites for hydroxylation is 1. The number of pyridine rings is 1. The van der Waals surface area contributed by atoms with E-state index < -0.39 is 0 Å². The van der Waals surface area contributed by atoms with Crippen LogP contribution in [0.3, 0.4) is 0 Å². The first-order valence-corrected chi connectivity index (χ1v) is 7.93. The standard InChI is InChI=1S/C17H24N4O/c1-20(10-14-5-3-7-16(14)22)11-15-12-21(2)19-17(15)13-6-4-8-18-9-13/h4,6,8-9,12,14,16,22H,3,5,7,10-11H2,1-2H3. The minimum atomic E-state index is -0.130. The first kappa shape index (κ1) is 15.2. The zero-order chi connectivity index (χ0) is 15.5. The number of rotatable bonds is 5. The molecule has 1 aliphatic rings. The molecule has 0 aliphatic heterocycles. The Labute approximate surface area is 131 Å². The quantitative estimate of drug-likeness (QED) is 0.918. The van der Waals surface area contributed by atoms with Crippen molar-refractivity contribution in [2.24, 2.45) is 13.0 Å². The van der Waals surface area contributed by atoms with E-state index in [2.05, 4.69) is 28.2 Å². The van der Waals surface area contributed by atoms with Crippen molar-refractivity contribution in [2.45, 2.75) is 31.9 Å². The SMILES string of the molecule is CN(Cc1cn(C)nc1-c1cccnc1)CC1CCCC1O. The van der Waals surface area contributed by atoms with E-state index >= 15 is 0 Å². The fourth-order valence-electron chi connectivity index (χ4n) is 3.39. The fourth-order valence-corrected chi connectivity index (χ4v) is 3.39. The molecule has 1 saturated carbocycles. The van der Waals surface area contributed by atoms with Gasteiger partial charge in [-0.05, 0) is 37.9 Å². The summed E-state index contributed by atoms with van der Waals surface area (Å²) in [5, 5.41) is 14.6. The average Bonchev–Trinajstić information content (AvgIpc) is 3.06. The van der Waals surface area contributed by atoms with Crippen molar-refractivity contribution in [3.05, 3.63) is 36.3 Å². The van der Waals surface area contributed by atoms with Gasteiger partial charge in [0.15, 0.2) is 0 Å². The first-order valence-electron chi connectivity index (χ1n) is 7.93. The maximum absolute atomic E-state index is 9.99. The molecule has 1 N–H and O–H groups in total. The molecule has 1 aliphatic carbocycles. The minimum Gasteiger partial charge on any atom is -0.393 e. The molecule has 1 fully saturated rings. The highest BCUT2D eigenvalue weighted by Gasteiger charge is 2.26. The van der Waals surface area contributed by atoms with Crippen LogP contribution in [0.15, 0.2) is 30.7 Å². The number of nitrogens with zero attached hydrogens (tertiary/aromatic N) is 4. The average molecular weight is 300 g/mol. The number of aliphatic hydroxyl groups is 1. The highest BCUT2D eigenvalue weighted by Crippen LogP contribution is 2.27. The van der Waals surface area contributed by atoms with Crippen LogP contribution in [0, 0.1) is 5.92 Å². The predicted octanol–water partition coefficient (Wildman–Crippen LogP) is 2.07. The van der Waals surface area contributed by atoms with Crippen LogP contribution in [0.1, 0.15) is 24.8 Å². The van der Waals surface area contributed by atoms with Crippen LogP contribution in [-0.2, 0) is 13.6 Å². The highest BCUT2D eigenvalue weighted by atomic mass is 16.3. The Morgan fingerprint density at radius 3 is 2.95 bits per heavy atom. The van der Waals surface area contributed by atoms with Gasteiger partial charge in [-0.2, -0.15) is 5.10 Å². The van der Waals surface area contributed by atoms with Crippen LogP contribution in [-0.4, -0.2) is 44.5 Å². The zero-order valence-electron chi connectivity index (χ0n) is 13.3. The summed E-state index contributed by atoms with van der Waals surface area (Å²) in [7, 11) is 4.06. The summed E-state index contributed by atoms with van der Waals surface area (Å²) in [6.07, 6.45) is 8.80. The Kier molecular flexibility index (Phi) is 4.55. The lowest BCUT2D eigenvalue weighted by molar-refractivity contribution is 0.108. The van der Waals surface area contributed by atoms with Gasteiger partial charge < -0.3 is 10.0 Å². The van der Waals surface area contributed by atoms with Crippen molar-refractivity contribution >= 4 is 0 Å². The lowest BCUT2D eigenvalue weighted by Crippen LogP contribution is -2.29. The van der Waals surface area contributed by atoms with Gasteiger partial charge in [-0.3, -0.25) is 9.67 Å². The van der Waals surface area contributed by atoms with Crippen LogP contribution in [0.2, 0.25) is 0 Å². The lowest BCUT2D eigenvalue weighted by atomic mass is 10.0. The van der Waals surface area contributed by atoms with Gasteiger partial charge >= 0.3 is 0 Å². The molecule has 3 rings (SSSR count). The van der Waals surface area contributed by atoms with Crippen LogP contribution >= 0.6 is 0 Å². The number of aliphatic hydroxyl groups excluding tert-OH is 1. The monoisotopic (exact) mass is 300 g/mol. The normalized spacial score (nSPS) is 21.6. The molecule has 2 atom stereocenters. The second-order valence-electron chi connectivity index (χ2n) is 6.37. The molecule has 0 aromatic carbocycles. The number of hydrogen-bond acceptors (Lipinski definition) is 4. The second-order valence-corrected chi connectivity index (χ2v) is 6.37. The van der Waals surface area contributed by atoms with E-state index in [4.69, 9.17) is 0 Å². The third-order valence-electron chi connectivity index (χ3n) is 4.44. The highest BCUT2D eigenvalue weighted by molar-refractivity contribution is 5.61. The smallest absolute Gasteiger partial charge is 0.0983 e. The largest absolute Gasteiger partial charge is 0.393 e. The topological polar surface area (TPSA) is 54.2 Å². The molecule has 2 aromatic rings. The summed E-state index contributed by atoms with van der Waals surface area (Å²) >= 11 is 0. The van der Waals surface area contributed by atoms with E-state index in [1.165, 1.54) is 5.56 Å². The van der Waals surface area contributed by atoms with Gasteiger partial charge in [0.25, 0.3) is 0 Å². The van der Waals surface area contributed by atoms with Gasteiger partial charge in [-0.1, -0.05) is 6.42 Å². The van der Waals surface area contributed by atoms with Crippen LogP contribution in [0.5, 0.6) is 0 Å². The molecule has 0 amide bonds. The van der Waals surface area contributed by atoms with Gasteiger partial charge in [0.05, 0.1) is 11.8 Å². The Morgan fingerprint density at radius 2 is 2.27 bits per heavy atom. The molecule has 2 heterocycles. The van der Waals surface area contributed by atoms with Gasteiger partial charge in [0.1, 0.15) is 0 Å². The molecule has 0 spiro atoms. The number of aromatic nitrogens is 3. The molecular weight excluding hydrogens is 276 g/mol. The van der Waals surface area contributed by atoms with Gasteiger partial charge in [-0.25, -0.2) is 0 Å². The van der Waals surface area contributed by atoms with Crippen molar-refractivity contribution in [1.29, 1.82) is 0 Å². The van der Waals surface area contributed by atoms with Crippen molar-refractivity contribution in [2.75, 3.05) is 13.6 Å². The van der Waals surface area contributed by atoms with Crippen molar-refractivity contribution in [3.63, 3.8) is 0 Å². The summed E-state index contributed by atoms with van der Waals surface area (Å²) in [6, 6.07) is 3.98. The van der Waals surface area contributed by atoms with Gasteiger partial charge in [0.2, 0.25) is 0 Å². The van der Waals surface area contributed by atoms with Crippen molar-refractivity contribution < 1.29 is 5.11 Å². The molecule has 5 heteroatoms. The van der Waals surface area contributed by atoms with E-state index in [0.29, 0.717) is 5.92 Å². The third-order valence-corrected chi connectivity index (χ3v) is 4.44. The van der Waals surface area contributed by atoms with Gasteiger partial charge in [-0.15, -0.1) is 0 Å². The first-order chi connectivity index (χ1) is 10.6. The molecule has 2 aromatic heterocycles. The van der Waals surface area contributed by atoms with Crippen LogP contribution < -0.4 is 0 Å². The van der Waals surface area contributed by atoms with E-state index in [1.807, 2.05) is 30.1 Å². The summed E-state index contributed by atoms with van der Waals surface area (Å²) in [5.74, 6) is 0.406. The fraction of sp³-hybridized carbons (Fsp3) is 0.529.